The van der Waals surface area contributed by atoms with Gasteiger partial charge in [0.05, 0.1) is 25.1 Å². The molecule has 2 rings (SSSR count). The largest absolute Gasteiger partial charge is 0.468 e. The molecule has 2 aromatic heterocycles. The van der Waals surface area contributed by atoms with Crippen LogP contribution >= 0.6 is 11.8 Å². The maximum Gasteiger partial charge on any atom is 0.118 e. The van der Waals surface area contributed by atoms with Crippen molar-refractivity contribution in [3.05, 3.63) is 47.8 Å². The fourth-order valence-electron chi connectivity index (χ4n) is 1.46. The number of thioether (sulfide) groups is 1. The molecule has 0 radical (unpaired) electrons. The maximum absolute atomic E-state index is 5.63. The molecule has 0 spiro atoms. The normalized spacial score (nSPS) is 10.8. The molecule has 0 atom stereocenters. The van der Waals surface area contributed by atoms with Crippen LogP contribution in [0.25, 0.3) is 0 Å². The van der Waals surface area contributed by atoms with Crippen LogP contribution in [0.5, 0.6) is 0 Å². The van der Waals surface area contributed by atoms with Gasteiger partial charge in [-0.25, -0.2) is 0 Å². The van der Waals surface area contributed by atoms with E-state index in [9.17, 15) is 0 Å². The molecule has 0 aliphatic heterocycles. The zero-order valence-electron chi connectivity index (χ0n) is 9.23. The predicted octanol–water partition coefficient (Wildman–Crippen LogP) is 3.03. The average Bonchev–Trinajstić information content (AvgIpc) is 2.90. The first-order valence-corrected chi connectivity index (χ1v) is 6.57. The van der Waals surface area contributed by atoms with Crippen molar-refractivity contribution in [3.8, 4) is 0 Å². The van der Waals surface area contributed by atoms with Crippen LogP contribution in [-0.2, 0) is 18.8 Å². The van der Waals surface area contributed by atoms with Gasteiger partial charge in [0.15, 0.2) is 0 Å². The number of nitrogens with one attached hydrogen (secondary N) is 1. The van der Waals surface area contributed by atoms with E-state index in [1.807, 2.05) is 24.3 Å². The van der Waals surface area contributed by atoms with Crippen LogP contribution in [0.1, 0.15) is 17.3 Å². The molecule has 0 unspecified atom stereocenters. The summed E-state index contributed by atoms with van der Waals surface area (Å²) in [6, 6.07) is 7.88. The summed E-state index contributed by atoms with van der Waals surface area (Å²) in [5, 5.41) is 3.27. The van der Waals surface area contributed by atoms with Crippen LogP contribution in [0.3, 0.4) is 0 Å². The van der Waals surface area contributed by atoms with Gasteiger partial charge in [-0.3, -0.25) is 0 Å². The van der Waals surface area contributed by atoms with Crippen molar-refractivity contribution in [2.24, 2.45) is 0 Å². The maximum atomic E-state index is 5.63. The molecule has 2 aromatic rings. The van der Waals surface area contributed by atoms with E-state index in [0.717, 1.165) is 36.1 Å². The molecule has 0 saturated carbocycles. The van der Waals surface area contributed by atoms with Crippen molar-refractivity contribution in [2.75, 3.05) is 6.26 Å². The molecule has 0 bridgehead atoms. The van der Waals surface area contributed by atoms with Gasteiger partial charge < -0.3 is 14.2 Å². The summed E-state index contributed by atoms with van der Waals surface area (Å²) in [6.45, 7) is 1.46. The van der Waals surface area contributed by atoms with E-state index in [-0.39, 0.29) is 0 Å². The lowest BCUT2D eigenvalue weighted by molar-refractivity contribution is 0.439. The molecular formula is C12H15NO2S. The van der Waals surface area contributed by atoms with E-state index in [1.54, 1.807) is 18.0 Å². The van der Waals surface area contributed by atoms with E-state index < -0.39 is 0 Å². The van der Waals surface area contributed by atoms with Gasteiger partial charge in [-0.2, -0.15) is 11.8 Å². The van der Waals surface area contributed by atoms with Gasteiger partial charge in [0.25, 0.3) is 0 Å². The smallest absolute Gasteiger partial charge is 0.118 e. The van der Waals surface area contributed by atoms with Gasteiger partial charge in [0.1, 0.15) is 17.3 Å². The van der Waals surface area contributed by atoms with E-state index in [0.29, 0.717) is 0 Å². The van der Waals surface area contributed by atoms with E-state index in [2.05, 4.69) is 11.6 Å². The molecule has 0 aliphatic carbocycles. The number of furan rings is 2. The summed E-state index contributed by atoms with van der Waals surface area (Å²) >= 11 is 1.76. The molecule has 0 amide bonds. The highest BCUT2D eigenvalue weighted by molar-refractivity contribution is 7.97. The summed E-state index contributed by atoms with van der Waals surface area (Å²) in [5.74, 6) is 3.87. The van der Waals surface area contributed by atoms with Crippen LogP contribution in [0.2, 0.25) is 0 Å². The van der Waals surface area contributed by atoms with Crippen molar-refractivity contribution in [1.29, 1.82) is 0 Å². The van der Waals surface area contributed by atoms with Gasteiger partial charge in [0.2, 0.25) is 0 Å². The topological polar surface area (TPSA) is 38.3 Å². The lowest BCUT2D eigenvalue weighted by Gasteiger charge is -1.99. The Bertz CT molecular complexity index is 408. The monoisotopic (exact) mass is 237 g/mol. The lowest BCUT2D eigenvalue weighted by atomic mass is 10.4. The quantitative estimate of drug-likeness (QED) is 0.838. The zero-order valence-corrected chi connectivity index (χ0v) is 10.0. The second kappa shape index (κ2) is 5.82. The summed E-state index contributed by atoms with van der Waals surface area (Å²) < 4.78 is 10.8. The Kier molecular flexibility index (Phi) is 4.13. The Morgan fingerprint density at radius 2 is 1.94 bits per heavy atom. The predicted molar refractivity (Wildman–Crippen MR) is 65.2 cm³/mol. The second-order valence-electron chi connectivity index (χ2n) is 3.48. The Morgan fingerprint density at radius 1 is 1.12 bits per heavy atom. The highest BCUT2D eigenvalue weighted by atomic mass is 32.2. The highest BCUT2D eigenvalue weighted by Gasteiger charge is 2.01. The van der Waals surface area contributed by atoms with E-state index in [1.165, 1.54) is 0 Å². The van der Waals surface area contributed by atoms with Crippen molar-refractivity contribution in [2.45, 2.75) is 18.8 Å². The number of hydrogen-bond acceptors (Lipinski definition) is 4. The van der Waals surface area contributed by atoms with Crippen LogP contribution < -0.4 is 5.32 Å². The van der Waals surface area contributed by atoms with E-state index in [4.69, 9.17) is 8.83 Å². The molecule has 0 saturated heterocycles. The zero-order chi connectivity index (χ0) is 11.2. The van der Waals surface area contributed by atoms with Crippen molar-refractivity contribution >= 4 is 11.8 Å². The summed E-state index contributed by atoms with van der Waals surface area (Å²) in [7, 11) is 0. The fourth-order valence-corrected chi connectivity index (χ4v) is 1.90. The molecule has 0 aromatic carbocycles. The first-order valence-electron chi connectivity index (χ1n) is 5.18. The first-order chi connectivity index (χ1) is 7.88. The SMILES string of the molecule is CSCc1ccc(CNCc2ccco2)o1. The summed E-state index contributed by atoms with van der Waals surface area (Å²) in [5.41, 5.74) is 0. The summed E-state index contributed by atoms with van der Waals surface area (Å²) in [4.78, 5) is 0. The van der Waals surface area contributed by atoms with Crippen LogP contribution in [0.15, 0.2) is 39.4 Å². The van der Waals surface area contributed by atoms with Crippen molar-refractivity contribution in [1.82, 2.24) is 5.32 Å². The standard InChI is InChI=1S/C12H15NO2S/c1-16-9-12-5-4-11(15-12)8-13-7-10-3-2-6-14-10/h2-6,13H,7-9H2,1H3. The minimum Gasteiger partial charge on any atom is -0.468 e. The van der Waals surface area contributed by atoms with Crippen LogP contribution in [0.4, 0.5) is 0 Å². The van der Waals surface area contributed by atoms with Gasteiger partial charge in [-0.1, -0.05) is 0 Å². The third-order valence-corrected chi connectivity index (χ3v) is 2.76. The Balaban J connectivity index is 1.76. The first kappa shape index (κ1) is 11.4. The van der Waals surface area contributed by atoms with Gasteiger partial charge >= 0.3 is 0 Å². The average molecular weight is 237 g/mol. The number of hydrogen-bond donors (Lipinski definition) is 1. The highest BCUT2D eigenvalue weighted by Crippen LogP contribution is 2.13. The second-order valence-corrected chi connectivity index (χ2v) is 4.35. The van der Waals surface area contributed by atoms with Gasteiger partial charge in [0, 0.05) is 0 Å². The number of rotatable bonds is 6. The minimum absolute atomic E-state index is 0.728. The van der Waals surface area contributed by atoms with Crippen molar-refractivity contribution in [3.63, 3.8) is 0 Å². The van der Waals surface area contributed by atoms with Crippen LogP contribution in [0, 0.1) is 0 Å². The van der Waals surface area contributed by atoms with Crippen LogP contribution in [-0.4, -0.2) is 6.26 Å². The summed E-state index contributed by atoms with van der Waals surface area (Å²) in [6.07, 6.45) is 3.75. The fraction of sp³-hybridized carbons (Fsp3) is 0.333. The van der Waals surface area contributed by atoms with Gasteiger partial charge in [-0.15, -0.1) is 0 Å². The molecular weight excluding hydrogens is 222 g/mol. The molecule has 2 heterocycles. The molecule has 86 valence electrons. The lowest BCUT2D eigenvalue weighted by Crippen LogP contribution is -2.11. The molecule has 1 N–H and O–H groups in total. The molecule has 0 fully saturated rings. The minimum atomic E-state index is 0.728. The Hall–Kier alpha value is -1.13. The Morgan fingerprint density at radius 3 is 2.69 bits per heavy atom. The third kappa shape index (κ3) is 3.18. The molecule has 0 aliphatic rings. The van der Waals surface area contributed by atoms with Gasteiger partial charge in [-0.05, 0) is 30.5 Å². The molecule has 4 heteroatoms. The third-order valence-electron chi connectivity index (χ3n) is 2.18. The molecule has 16 heavy (non-hydrogen) atoms. The molecule has 3 nitrogen and oxygen atoms in total. The Labute approximate surface area is 99.2 Å². The van der Waals surface area contributed by atoms with E-state index >= 15 is 0 Å². The van der Waals surface area contributed by atoms with Crippen molar-refractivity contribution < 1.29 is 8.83 Å².